The van der Waals surface area contributed by atoms with Gasteiger partial charge >= 0.3 is 6.09 Å². The second-order valence-electron chi connectivity index (χ2n) is 8.37. The Morgan fingerprint density at radius 2 is 1.57 bits per heavy atom. The number of nitrogens with zero attached hydrogens (tertiary/aromatic N) is 2. The number of ether oxygens (including phenoxy) is 2. The van der Waals surface area contributed by atoms with E-state index in [1.807, 2.05) is 0 Å². The van der Waals surface area contributed by atoms with Gasteiger partial charge in [0.15, 0.2) is 0 Å². The minimum Gasteiger partial charge on any atom is -0.493 e. The van der Waals surface area contributed by atoms with Crippen LogP contribution in [0.5, 0.6) is 17.2 Å². The summed E-state index contributed by atoms with van der Waals surface area (Å²) in [5.74, 6) is 1.15. The molecule has 0 saturated heterocycles. The number of nitrogens with one attached hydrogen (secondary N) is 2. The van der Waals surface area contributed by atoms with Crippen molar-refractivity contribution >= 4 is 12.0 Å². The van der Waals surface area contributed by atoms with E-state index in [-0.39, 0.29) is 18.0 Å². The molecule has 1 aliphatic carbocycles. The van der Waals surface area contributed by atoms with Crippen LogP contribution in [0.4, 0.5) is 4.79 Å². The Morgan fingerprint density at radius 1 is 0.914 bits per heavy atom. The van der Waals surface area contributed by atoms with Gasteiger partial charge in [0, 0.05) is 30.1 Å². The van der Waals surface area contributed by atoms with Crippen LogP contribution in [0.1, 0.15) is 60.9 Å². The minimum atomic E-state index is -1.03. The SMILES string of the molecule is N#CCCCCOc1cc(Oc2ccc(C#N)cc2)cc(C(=O)NC2CCC(NC(=O)O)CC2)c1. The third-order valence-electron chi connectivity index (χ3n) is 5.70. The molecular formula is C26H28N4O5. The Hall–Kier alpha value is -4.24. The smallest absolute Gasteiger partial charge is 0.404 e. The summed E-state index contributed by atoms with van der Waals surface area (Å²) >= 11 is 0. The summed E-state index contributed by atoms with van der Waals surface area (Å²) in [4.78, 5) is 23.9. The molecule has 1 fully saturated rings. The topological polar surface area (TPSA) is 144 Å². The van der Waals surface area contributed by atoms with Gasteiger partial charge < -0.3 is 25.2 Å². The largest absolute Gasteiger partial charge is 0.493 e. The van der Waals surface area contributed by atoms with E-state index in [2.05, 4.69) is 22.8 Å². The maximum Gasteiger partial charge on any atom is 0.404 e. The molecule has 9 nitrogen and oxygen atoms in total. The lowest BCUT2D eigenvalue weighted by molar-refractivity contribution is 0.0922. The molecule has 0 atom stereocenters. The quantitative estimate of drug-likeness (QED) is 0.420. The molecule has 0 spiro atoms. The van der Waals surface area contributed by atoms with Crippen LogP contribution in [-0.2, 0) is 0 Å². The zero-order chi connectivity index (χ0) is 25.0. The van der Waals surface area contributed by atoms with Crippen molar-refractivity contribution in [2.24, 2.45) is 0 Å². The Morgan fingerprint density at radius 3 is 2.20 bits per heavy atom. The molecule has 0 aromatic heterocycles. The first-order valence-corrected chi connectivity index (χ1v) is 11.6. The summed E-state index contributed by atoms with van der Waals surface area (Å²) in [6.07, 6.45) is 3.56. The number of hydrogen-bond donors (Lipinski definition) is 3. The number of amides is 2. The number of nitriles is 2. The molecular weight excluding hydrogens is 448 g/mol. The molecule has 0 radical (unpaired) electrons. The highest BCUT2D eigenvalue weighted by atomic mass is 16.5. The lowest BCUT2D eigenvalue weighted by atomic mass is 9.91. The van der Waals surface area contributed by atoms with Crippen molar-refractivity contribution in [3.8, 4) is 29.4 Å². The van der Waals surface area contributed by atoms with E-state index in [9.17, 15) is 9.59 Å². The number of unbranched alkanes of at least 4 members (excludes halogenated alkanes) is 2. The summed E-state index contributed by atoms with van der Waals surface area (Å²) in [6, 6.07) is 15.7. The number of hydrogen-bond acceptors (Lipinski definition) is 6. The molecule has 2 aromatic rings. The van der Waals surface area contributed by atoms with E-state index in [0.29, 0.717) is 73.5 Å². The van der Waals surface area contributed by atoms with Crippen LogP contribution in [0.15, 0.2) is 42.5 Å². The molecule has 35 heavy (non-hydrogen) atoms. The van der Waals surface area contributed by atoms with Gasteiger partial charge in [-0.15, -0.1) is 0 Å². The zero-order valence-corrected chi connectivity index (χ0v) is 19.3. The van der Waals surface area contributed by atoms with Crippen LogP contribution in [0, 0.1) is 22.7 Å². The van der Waals surface area contributed by atoms with Gasteiger partial charge in [-0.1, -0.05) is 0 Å². The van der Waals surface area contributed by atoms with Crippen molar-refractivity contribution < 1.29 is 24.2 Å². The number of carbonyl (C=O) groups excluding carboxylic acids is 1. The summed E-state index contributed by atoms with van der Waals surface area (Å²) in [6.45, 7) is 0.406. The van der Waals surface area contributed by atoms with Gasteiger partial charge in [0.05, 0.1) is 24.3 Å². The highest BCUT2D eigenvalue weighted by Gasteiger charge is 2.24. The van der Waals surface area contributed by atoms with E-state index >= 15 is 0 Å². The molecule has 0 heterocycles. The van der Waals surface area contributed by atoms with Crippen LogP contribution in [0.3, 0.4) is 0 Å². The molecule has 1 saturated carbocycles. The Kier molecular flexibility index (Phi) is 9.32. The molecule has 0 bridgehead atoms. The first-order valence-electron chi connectivity index (χ1n) is 11.6. The Labute approximate surface area is 204 Å². The zero-order valence-electron chi connectivity index (χ0n) is 19.3. The first kappa shape index (κ1) is 25.4. The van der Waals surface area contributed by atoms with Gasteiger partial charge in [-0.2, -0.15) is 10.5 Å². The molecule has 2 aromatic carbocycles. The van der Waals surface area contributed by atoms with Crippen molar-refractivity contribution in [1.82, 2.24) is 10.6 Å². The summed E-state index contributed by atoms with van der Waals surface area (Å²) in [5.41, 5.74) is 0.897. The second kappa shape index (κ2) is 12.9. The third-order valence-corrected chi connectivity index (χ3v) is 5.70. The maximum atomic E-state index is 13.0. The molecule has 3 N–H and O–H groups in total. The fraction of sp³-hybridized carbons (Fsp3) is 0.385. The van der Waals surface area contributed by atoms with Gasteiger partial charge in [0.25, 0.3) is 5.91 Å². The average Bonchev–Trinajstić information content (AvgIpc) is 2.85. The number of benzene rings is 2. The number of carboxylic acid groups (broad SMARTS) is 1. The Balaban J connectivity index is 1.69. The predicted octanol–water partition coefficient (Wildman–Crippen LogP) is 4.73. The van der Waals surface area contributed by atoms with Crippen LogP contribution in [0.25, 0.3) is 0 Å². The van der Waals surface area contributed by atoms with Crippen molar-refractivity contribution in [2.75, 3.05) is 6.61 Å². The van der Waals surface area contributed by atoms with E-state index < -0.39 is 6.09 Å². The number of rotatable bonds is 10. The lowest BCUT2D eigenvalue weighted by Crippen LogP contribution is -2.43. The molecule has 0 aliphatic heterocycles. The van der Waals surface area contributed by atoms with Gasteiger partial charge in [0.2, 0.25) is 0 Å². The van der Waals surface area contributed by atoms with Crippen molar-refractivity contribution in [2.45, 2.75) is 57.0 Å². The van der Waals surface area contributed by atoms with E-state index in [1.54, 1.807) is 42.5 Å². The molecule has 9 heteroatoms. The lowest BCUT2D eigenvalue weighted by Gasteiger charge is -2.29. The first-order chi connectivity index (χ1) is 17.0. The van der Waals surface area contributed by atoms with Crippen LogP contribution >= 0.6 is 0 Å². The predicted molar refractivity (Wildman–Crippen MR) is 127 cm³/mol. The molecule has 1 aliphatic rings. The van der Waals surface area contributed by atoms with Crippen molar-refractivity contribution in [3.05, 3.63) is 53.6 Å². The standard InChI is InChI=1S/C26H28N4O5/c27-12-2-1-3-13-34-23-14-19(15-24(16-23)35-22-10-4-18(17-28)5-11-22)25(31)29-20-6-8-21(9-7-20)30-26(32)33/h4-5,10-11,14-16,20-21,30H,1-3,6-9,13H2,(H,29,31)(H,32,33). The average molecular weight is 477 g/mol. The second-order valence-corrected chi connectivity index (χ2v) is 8.37. The van der Waals surface area contributed by atoms with Crippen molar-refractivity contribution in [3.63, 3.8) is 0 Å². The summed E-state index contributed by atoms with van der Waals surface area (Å²) in [5, 5.41) is 32.1. The highest BCUT2D eigenvalue weighted by Crippen LogP contribution is 2.28. The summed E-state index contributed by atoms with van der Waals surface area (Å²) in [7, 11) is 0. The van der Waals surface area contributed by atoms with Crippen LogP contribution in [0.2, 0.25) is 0 Å². The van der Waals surface area contributed by atoms with E-state index in [0.717, 1.165) is 6.42 Å². The van der Waals surface area contributed by atoms with E-state index in [1.165, 1.54) is 0 Å². The molecule has 3 rings (SSSR count). The van der Waals surface area contributed by atoms with Gasteiger partial charge in [0.1, 0.15) is 17.2 Å². The van der Waals surface area contributed by atoms with E-state index in [4.69, 9.17) is 25.1 Å². The third kappa shape index (κ3) is 8.24. The monoisotopic (exact) mass is 476 g/mol. The van der Waals surface area contributed by atoms with Crippen molar-refractivity contribution in [1.29, 1.82) is 10.5 Å². The molecule has 182 valence electrons. The van der Waals surface area contributed by atoms with Gasteiger partial charge in [-0.25, -0.2) is 4.79 Å². The van der Waals surface area contributed by atoms with Gasteiger partial charge in [-0.05, 0) is 74.9 Å². The number of carbonyl (C=O) groups is 2. The maximum absolute atomic E-state index is 13.0. The van der Waals surface area contributed by atoms with Crippen LogP contribution < -0.4 is 20.1 Å². The fourth-order valence-electron chi connectivity index (χ4n) is 3.90. The minimum absolute atomic E-state index is 0.0483. The summed E-state index contributed by atoms with van der Waals surface area (Å²) < 4.78 is 11.7. The molecule has 0 unspecified atom stereocenters. The highest BCUT2D eigenvalue weighted by molar-refractivity contribution is 5.95. The van der Waals surface area contributed by atoms with Crippen LogP contribution in [-0.4, -0.2) is 35.8 Å². The molecule has 2 amide bonds. The fourth-order valence-corrected chi connectivity index (χ4v) is 3.90. The van der Waals surface area contributed by atoms with Gasteiger partial charge in [-0.3, -0.25) is 4.79 Å². The normalized spacial score (nSPS) is 16.9. The Bertz CT molecular complexity index is 1100.